The molecule has 2 aromatic rings. The van der Waals surface area contributed by atoms with Crippen LogP contribution in [0.1, 0.15) is 18.7 Å². The maximum absolute atomic E-state index is 11.9. The summed E-state index contributed by atoms with van der Waals surface area (Å²) in [5.74, 6) is 0.660. The second kappa shape index (κ2) is 7.42. The van der Waals surface area contributed by atoms with Gasteiger partial charge in [0.1, 0.15) is 5.75 Å². The summed E-state index contributed by atoms with van der Waals surface area (Å²) in [5, 5.41) is 2.93. The minimum absolute atomic E-state index is 0.00519. The molecule has 0 fully saturated rings. The van der Waals surface area contributed by atoms with E-state index in [1.54, 1.807) is 18.4 Å². The van der Waals surface area contributed by atoms with E-state index in [2.05, 4.69) is 11.4 Å². The van der Waals surface area contributed by atoms with Crippen LogP contribution in [0, 0.1) is 5.92 Å². The van der Waals surface area contributed by atoms with Crippen LogP contribution >= 0.6 is 11.3 Å². The van der Waals surface area contributed by atoms with Gasteiger partial charge in [-0.25, -0.2) is 0 Å². The molecule has 1 aromatic carbocycles. The number of methoxy groups -OCH3 is 1. The SMILES string of the molecule is COc1ccc(-c2ccc(CNC(=O)C(C)C(C)N)s2)cc1. The van der Waals surface area contributed by atoms with Crippen molar-refractivity contribution < 1.29 is 9.53 Å². The van der Waals surface area contributed by atoms with Gasteiger partial charge in [-0.2, -0.15) is 0 Å². The monoisotopic (exact) mass is 318 g/mol. The zero-order valence-corrected chi connectivity index (χ0v) is 13.9. The smallest absolute Gasteiger partial charge is 0.224 e. The van der Waals surface area contributed by atoms with Crippen LogP contribution in [-0.4, -0.2) is 19.1 Å². The molecule has 2 atom stereocenters. The number of nitrogens with one attached hydrogen (secondary N) is 1. The quantitative estimate of drug-likeness (QED) is 0.860. The molecular weight excluding hydrogens is 296 g/mol. The summed E-state index contributed by atoms with van der Waals surface area (Å²) in [6.45, 7) is 4.23. The molecule has 0 radical (unpaired) electrons. The van der Waals surface area contributed by atoms with Gasteiger partial charge in [0.25, 0.3) is 0 Å². The summed E-state index contributed by atoms with van der Waals surface area (Å²) < 4.78 is 5.16. The van der Waals surface area contributed by atoms with E-state index in [0.717, 1.165) is 16.2 Å². The molecule has 0 aliphatic carbocycles. The normalized spacial score (nSPS) is 13.5. The lowest BCUT2D eigenvalue weighted by Crippen LogP contribution is -2.38. The number of benzene rings is 1. The Labute approximate surface area is 135 Å². The lowest BCUT2D eigenvalue weighted by atomic mass is 10.0. The molecule has 0 bridgehead atoms. The fourth-order valence-corrected chi connectivity index (χ4v) is 2.91. The number of carbonyl (C=O) groups excluding carboxylic acids is 1. The van der Waals surface area contributed by atoms with Crippen LogP contribution in [0.2, 0.25) is 0 Å². The number of thiophene rings is 1. The van der Waals surface area contributed by atoms with E-state index in [1.165, 1.54) is 4.88 Å². The average molecular weight is 318 g/mol. The Morgan fingerprint density at radius 1 is 1.23 bits per heavy atom. The van der Waals surface area contributed by atoms with Crippen LogP contribution in [0.4, 0.5) is 0 Å². The van der Waals surface area contributed by atoms with Crippen LogP contribution in [-0.2, 0) is 11.3 Å². The largest absolute Gasteiger partial charge is 0.497 e. The van der Waals surface area contributed by atoms with Gasteiger partial charge in [0.15, 0.2) is 0 Å². The van der Waals surface area contributed by atoms with E-state index in [9.17, 15) is 4.79 Å². The van der Waals surface area contributed by atoms with Crippen LogP contribution in [0.25, 0.3) is 10.4 Å². The lowest BCUT2D eigenvalue weighted by Gasteiger charge is -2.14. The molecule has 1 heterocycles. The van der Waals surface area contributed by atoms with E-state index in [-0.39, 0.29) is 17.9 Å². The molecule has 22 heavy (non-hydrogen) atoms. The number of hydrogen-bond donors (Lipinski definition) is 2. The zero-order chi connectivity index (χ0) is 16.1. The maximum Gasteiger partial charge on any atom is 0.224 e. The second-order valence-corrected chi connectivity index (χ2v) is 6.53. The molecule has 0 saturated carbocycles. The van der Waals surface area contributed by atoms with Crippen molar-refractivity contribution in [2.24, 2.45) is 11.7 Å². The van der Waals surface area contributed by atoms with Gasteiger partial charge < -0.3 is 15.8 Å². The highest BCUT2D eigenvalue weighted by Gasteiger charge is 2.16. The molecule has 4 nitrogen and oxygen atoms in total. The van der Waals surface area contributed by atoms with Crippen molar-refractivity contribution >= 4 is 17.2 Å². The van der Waals surface area contributed by atoms with Crippen molar-refractivity contribution in [2.45, 2.75) is 26.4 Å². The molecule has 118 valence electrons. The fourth-order valence-electron chi connectivity index (χ4n) is 1.96. The van der Waals surface area contributed by atoms with Crippen molar-refractivity contribution in [1.29, 1.82) is 0 Å². The number of rotatable bonds is 6. The van der Waals surface area contributed by atoms with E-state index in [1.807, 2.05) is 44.2 Å². The molecule has 1 amide bonds. The Bertz CT molecular complexity index is 620. The van der Waals surface area contributed by atoms with Gasteiger partial charge >= 0.3 is 0 Å². The summed E-state index contributed by atoms with van der Waals surface area (Å²) in [4.78, 5) is 14.2. The molecule has 1 aromatic heterocycles. The number of ether oxygens (including phenoxy) is 1. The number of nitrogens with two attached hydrogens (primary N) is 1. The molecule has 2 rings (SSSR count). The Morgan fingerprint density at radius 3 is 2.50 bits per heavy atom. The topological polar surface area (TPSA) is 64.3 Å². The van der Waals surface area contributed by atoms with Crippen molar-refractivity contribution in [3.05, 3.63) is 41.3 Å². The van der Waals surface area contributed by atoms with Gasteiger partial charge in [-0.05, 0) is 48.9 Å². The number of hydrogen-bond acceptors (Lipinski definition) is 4. The first-order valence-corrected chi connectivity index (χ1v) is 8.09. The first-order chi connectivity index (χ1) is 10.5. The number of amides is 1. The summed E-state index contributed by atoms with van der Waals surface area (Å²) in [6.07, 6.45) is 0. The Hall–Kier alpha value is -1.85. The highest BCUT2D eigenvalue weighted by atomic mass is 32.1. The van der Waals surface area contributed by atoms with Crippen LogP contribution in [0.15, 0.2) is 36.4 Å². The Kier molecular flexibility index (Phi) is 5.57. The molecule has 0 aliphatic heterocycles. The molecule has 0 saturated heterocycles. The molecule has 2 unspecified atom stereocenters. The molecule has 3 N–H and O–H groups in total. The highest BCUT2D eigenvalue weighted by Crippen LogP contribution is 2.29. The zero-order valence-electron chi connectivity index (χ0n) is 13.1. The van der Waals surface area contributed by atoms with E-state index in [0.29, 0.717) is 6.54 Å². The lowest BCUT2D eigenvalue weighted by molar-refractivity contribution is -0.125. The van der Waals surface area contributed by atoms with Gasteiger partial charge in [-0.3, -0.25) is 4.79 Å². The van der Waals surface area contributed by atoms with Gasteiger partial charge in [-0.1, -0.05) is 6.92 Å². The van der Waals surface area contributed by atoms with E-state index in [4.69, 9.17) is 10.5 Å². The minimum Gasteiger partial charge on any atom is -0.497 e. The fraction of sp³-hybridized carbons (Fsp3) is 0.353. The summed E-state index contributed by atoms with van der Waals surface area (Å²) >= 11 is 1.67. The predicted octanol–water partition coefficient (Wildman–Crippen LogP) is 3.02. The van der Waals surface area contributed by atoms with Crippen molar-refractivity contribution in [2.75, 3.05) is 7.11 Å². The van der Waals surface area contributed by atoms with Crippen molar-refractivity contribution in [1.82, 2.24) is 5.32 Å². The maximum atomic E-state index is 11.9. The average Bonchev–Trinajstić information content (AvgIpc) is 3.00. The predicted molar refractivity (Wildman–Crippen MR) is 91.0 cm³/mol. The number of carbonyl (C=O) groups is 1. The molecule has 0 spiro atoms. The molecule has 0 aliphatic rings. The summed E-state index contributed by atoms with van der Waals surface area (Å²) in [7, 11) is 1.66. The minimum atomic E-state index is -0.180. The van der Waals surface area contributed by atoms with Crippen LogP contribution in [0.5, 0.6) is 5.75 Å². The van der Waals surface area contributed by atoms with Crippen molar-refractivity contribution in [3.63, 3.8) is 0 Å². The standard InChI is InChI=1S/C17H22N2O2S/c1-11(12(2)18)17(20)19-10-15-8-9-16(22-15)13-4-6-14(21-3)7-5-13/h4-9,11-12H,10,18H2,1-3H3,(H,19,20). The van der Waals surface area contributed by atoms with E-state index < -0.39 is 0 Å². The second-order valence-electron chi connectivity index (χ2n) is 5.36. The molecular formula is C17H22N2O2S. The summed E-state index contributed by atoms with van der Waals surface area (Å²) in [6, 6.07) is 11.9. The Morgan fingerprint density at radius 2 is 1.91 bits per heavy atom. The first kappa shape index (κ1) is 16.5. The van der Waals surface area contributed by atoms with Gasteiger partial charge in [-0.15, -0.1) is 11.3 Å². The van der Waals surface area contributed by atoms with Crippen molar-refractivity contribution in [3.8, 4) is 16.2 Å². The van der Waals surface area contributed by atoms with Gasteiger partial charge in [0.05, 0.1) is 13.7 Å². The van der Waals surface area contributed by atoms with E-state index >= 15 is 0 Å². The summed E-state index contributed by atoms with van der Waals surface area (Å²) in [5.41, 5.74) is 6.89. The third kappa shape index (κ3) is 4.08. The van der Waals surface area contributed by atoms with Crippen LogP contribution < -0.4 is 15.8 Å². The van der Waals surface area contributed by atoms with Gasteiger partial charge in [0.2, 0.25) is 5.91 Å². The third-order valence-electron chi connectivity index (χ3n) is 3.68. The van der Waals surface area contributed by atoms with Gasteiger partial charge in [0, 0.05) is 21.7 Å². The van der Waals surface area contributed by atoms with Crippen LogP contribution in [0.3, 0.4) is 0 Å². The Balaban J connectivity index is 1.97. The first-order valence-electron chi connectivity index (χ1n) is 7.27. The third-order valence-corrected chi connectivity index (χ3v) is 4.81. The molecule has 5 heteroatoms. The highest BCUT2D eigenvalue weighted by molar-refractivity contribution is 7.15.